The molecule has 0 unspecified atom stereocenters. The summed E-state index contributed by atoms with van der Waals surface area (Å²) in [5, 5.41) is 1.23. The predicted molar refractivity (Wildman–Crippen MR) is 76.8 cm³/mol. The van der Waals surface area contributed by atoms with Gasteiger partial charge in [-0.15, -0.1) is 0 Å². The molecule has 0 aliphatic rings. The zero-order valence-corrected chi connectivity index (χ0v) is 11.7. The van der Waals surface area contributed by atoms with Gasteiger partial charge in [-0.25, -0.2) is 4.39 Å². The topological polar surface area (TPSA) is 0 Å². The van der Waals surface area contributed by atoms with Crippen molar-refractivity contribution in [1.82, 2.24) is 0 Å². The predicted octanol–water partition coefficient (Wildman–Crippen LogP) is 5.84. The van der Waals surface area contributed by atoms with E-state index in [0.29, 0.717) is 15.6 Å². The summed E-state index contributed by atoms with van der Waals surface area (Å²) in [6.07, 6.45) is 0. The fourth-order valence-electron chi connectivity index (χ4n) is 1.10. The number of hydrogen-bond donors (Lipinski definition) is 0. The molecule has 0 amide bonds. The molecule has 2 radical (unpaired) electrons. The quantitative estimate of drug-likeness (QED) is 0.574. The third-order valence-corrected chi connectivity index (χ3v) is 3.21. The Morgan fingerprint density at radius 3 is 1.67 bits per heavy atom. The van der Waals surface area contributed by atoms with Gasteiger partial charge in [-0.3, -0.25) is 0 Å². The molecular formula is C14H10Cl3F. The van der Waals surface area contributed by atoms with Crippen LogP contribution in [0.25, 0.3) is 0 Å². The molecule has 0 aromatic heterocycles. The summed E-state index contributed by atoms with van der Waals surface area (Å²) in [5.74, 6) is -0.431. The van der Waals surface area contributed by atoms with Crippen molar-refractivity contribution >= 4 is 34.8 Å². The molecule has 0 bridgehead atoms. The lowest BCUT2D eigenvalue weighted by Crippen LogP contribution is -1.80. The molecule has 0 nitrogen and oxygen atoms in total. The number of rotatable bonds is 0. The van der Waals surface area contributed by atoms with Crippen LogP contribution >= 0.6 is 34.8 Å². The van der Waals surface area contributed by atoms with Crippen molar-refractivity contribution in [3.8, 4) is 0 Å². The Morgan fingerprint density at radius 2 is 1.28 bits per heavy atom. The highest BCUT2D eigenvalue weighted by Gasteiger charge is 1.99. The first-order chi connectivity index (χ1) is 8.43. The minimum atomic E-state index is -0.431. The minimum Gasteiger partial charge on any atom is -0.205 e. The van der Waals surface area contributed by atoms with E-state index in [1.165, 1.54) is 6.07 Å². The number of halogens is 4. The molecule has 0 heterocycles. The van der Waals surface area contributed by atoms with Gasteiger partial charge in [-0.05, 0) is 37.1 Å². The van der Waals surface area contributed by atoms with E-state index in [1.807, 2.05) is 12.1 Å². The maximum absolute atomic E-state index is 12.5. The van der Waals surface area contributed by atoms with Gasteiger partial charge in [0, 0.05) is 0 Å². The van der Waals surface area contributed by atoms with Gasteiger partial charge in [0.25, 0.3) is 0 Å². The molecule has 0 fully saturated rings. The molecule has 0 aliphatic carbocycles. The first kappa shape index (κ1) is 15.3. The van der Waals surface area contributed by atoms with Crippen molar-refractivity contribution in [3.05, 3.63) is 82.3 Å². The minimum absolute atomic E-state index is 0.127. The second-order valence-corrected chi connectivity index (χ2v) is 4.62. The Bertz CT molecular complexity index is 449. The van der Waals surface area contributed by atoms with E-state index in [1.54, 1.807) is 18.2 Å². The summed E-state index contributed by atoms with van der Waals surface area (Å²) in [5.41, 5.74) is 1.10. The van der Waals surface area contributed by atoms with Crippen LogP contribution in [0, 0.1) is 19.7 Å². The van der Waals surface area contributed by atoms with Gasteiger partial charge < -0.3 is 0 Å². The van der Waals surface area contributed by atoms with Crippen molar-refractivity contribution in [3.63, 3.8) is 0 Å². The van der Waals surface area contributed by atoms with Crippen molar-refractivity contribution in [1.29, 1.82) is 0 Å². The first-order valence-corrected chi connectivity index (χ1v) is 6.08. The third kappa shape index (κ3) is 4.16. The number of hydrogen-bond acceptors (Lipinski definition) is 0. The van der Waals surface area contributed by atoms with E-state index < -0.39 is 5.82 Å². The van der Waals surface area contributed by atoms with E-state index in [9.17, 15) is 4.39 Å². The molecule has 0 N–H and O–H groups in total. The van der Waals surface area contributed by atoms with Crippen molar-refractivity contribution < 1.29 is 4.39 Å². The SMILES string of the molecule is [CH2]c1cccc(Cl)c1Cl.[CH2]c1cccc(Cl)c1F. The van der Waals surface area contributed by atoms with Gasteiger partial charge in [0.1, 0.15) is 5.82 Å². The van der Waals surface area contributed by atoms with Gasteiger partial charge >= 0.3 is 0 Å². The lowest BCUT2D eigenvalue weighted by atomic mass is 10.2. The van der Waals surface area contributed by atoms with Gasteiger partial charge in [-0.1, -0.05) is 59.1 Å². The zero-order chi connectivity index (χ0) is 13.7. The van der Waals surface area contributed by atoms with E-state index in [2.05, 4.69) is 13.8 Å². The van der Waals surface area contributed by atoms with E-state index in [0.717, 1.165) is 5.56 Å². The van der Waals surface area contributed by atoms with Crippen LogP contribution in [0.15, 0.2) is 36.4 Å². The summed E-state index contributed by atoms with van der Waals surface area (Å²) < 4.78 is 12.5. The van der Waals surface area contributed by atoms with Crippen LogP contribution in [-0.4, -0.2) is 0 Å². The summed E-state index contributed by atoms with van der Waals surface area (Å²) in [4.78, 5) is 0. The lowest BCUT2D eigenvalue weighted by Gasteiger charge is -1.96. The normalized spacial score (nSPS) is 9.67. The highest BCUT2D eigenvalue weighted by Crippen LogP contribution is 2.24. The smallest absolute Gasteiger partial charge is 0.144 e. The molecule has 0 atom stereocenters. The van der Waals surface area contributed by atoms with E-state index >= 15 is 0 Å². The van der Waals surface area contributed by atoms with Gasteiger partial charge in [-0.2, -0.15) is 0 Å². The van der Waals surface area contributed by atoms with Gasteiger partial charge in [0.15, 0.2) is 0 Å². The van der Waals surface area contributed by atoms with Crippen molar-refractivity contribution in [2.75, 3.05) is 0 Å². The van der Waals surface area contributed by atoms with Crippen LogP contribution in [-0.2, 0) is 0 Å². The van der Waals surface area contributed by atoms with Crippen LogP contribution in [0.1, 0.15) is 11.1 Å². The second-order valence-electron chi connectivity index (χ2n) is 3.43. The van der Waals surface area contributed by atoms with Crippen LogP contribution < -0.4 is 0 Å². The summed E-state index contributed by atoms with van der Waals surface area (Å²) in [6.45, 7) is 7.09. The lowest BCUT2D eigenvalue weighted by molar-refractivity contribution is 0.623. The van der Waals surface area contributed by atoms with Crippen molar-refractivity contribution in [2.24, 2.45) is 0 Å². The molecule has 2 aromatic rings. The molecule has 0 spiro atoms. The zero-order valence-electron chi connectivity index (χ0n) is 9.39. The Labute approximate surface area is 121 Å². The van der Waals surface area contributed by atoms with Crippen LogP contribution in [0.2, 0.25) is 15.1 Å². The standard InChI is InChI=1S/C7H5Cl2.C7H5ClF/c2*1-5-3-2-4-6(8)7(5)9/h2*2-4H,1H2. The maximum atomic E-state index is 12.5. The summed E-state index contributed by atoms with van der Waals surface area (Å²) in [7, 11) is 0. The molecule has 0 aliphatic heterocycles. The van der Waals surface area contributed by atoms with Gasteiger partial charge in [0.2, 0.25) is 0 Å². The van der Waals surface area contributed by atoms with E-state index in [-0.39, 0.29) is 5.02 Å². The first-order valence-electron chi connectivity index (χ1n) is 4.95. The van der Waals surface area contributed by atoms with Crippen LogP contribution in [0.5, 0.6) is 0 Å². The monoisotopic (exact) mass is 302 g/mol. The Morgan fingerprint density at radius 1 is 0.778 bits per heavy atom. The largest absolute Gasteiger partial charge is 0.205 e. The van der Waals surface area contributed by atoms with Crippen molar-refractivity contribution in [2.45, 2.75) is 0 Å². The van der Waals surface area contributed by atoms with Crippen LogP contribution in [0.3, 0.4) is 0 Å². The van der Waals surface area contributed by atoms with Crippen LogP contribution in [0.4, 0.5) is 4.39 Å². The molecule has 0 saturated heterocycles. The molecule has 94 valence electrons. The Hall–Kier alpha value is -0.760. The third-order valence-electron chi connectivity index (χ3n) is 2.06. The molecular weight excluding hydrogens is 294 g/mol. The average Bonchev–Trinajstić information content (AvgIpc) is 2.34. The molecule has 4 heteroatoms. The molecule has 18 heavy (non-hydrogen) atoms. The summed E-state index contributed by atoms with van der Waals surface area (Å²) >= 11 is 16.7. The average molecular weight is 304 g/mol. The highest BCUT2D eigenvalue weighted by atomic mass is 35.5. The second kappa shape index (κ2) is 6.98. The fourth-order valence-corrected chi connectivity index (χ4v) is 1.61. The molecule has 2 aromatic carbocycles. The molecule has 0 saturated carbocycles. The van der Waals surface area contributed by atoms with Gasteiger partial charge in [0.05, 0.1) is 15.1 Å². The fraction of sp³-hybridized carbons (Fsp3) is 0. The number of benzene rings is 2. The maximum Gasteiger partial charge on any atom is 0.144 e. The summed E-state index contributed by atoms with van der Waals surface area (Å²) in [6, 6.07) is 10.1. The van der Waals surface area contributed by atoms with E-state index in [4.69, 9.17) is 34.8 Å². The Kier molecular flexibility index (Phi) is 5.94. The molecule has 2 rings (SSSR count). The Balaban J connectivity index is 0.000000180. The highest BCUT2D eigenvalue weighted by molar-refractivity contribution is 6.42.